The first-order chi connectivity index (χ1) is 13.2. The van der Waals surface area contributed by atoms with Gasteiger partial charge in [0.05, 0.1) is 30.1 Å². The highest BCUT2D eigenvalue weighted by Gasteiger charge is 2.14. The Morgan fingerprint density at radius 1 is 1.22 bits per heavy atom. The quantitative estimate of drug-likeness (QED) is 0.283. The van der Waals surface area contributed by atoms with Crippen LogP contribution in [0.3, 0.4) is 0 Å². The minimum Gasteiger partial charge on any atom is -0.463 e. The van der Waals surface area contributed by atoms with E-state index in [0.29, 0.717) is 22.2 Å². The molecule has 0 aliphatic heterocycles. The SMILES string of the molecule is COC(=O)c1ccc(CSc2ncnc3c2cnn3-c2ccc(Cl)cc2)o1. The summed E-state index contributed by atoms with van der Waals surface area (Å²) in [5, 5.41) is 6.69. The van der Waals surface area contributed by atoms with Gasteiger partial charge in [0.1, 0.15) is 17.1 Å². The second kappa shape index (κ2) is 7.42. The first kappa shape index (κ1) is 17.6. The van der Waals surface area contributed by atoms with Crippen molar-refractivity contribution in [3.8, 4) is 5.69 Å². The van der Waals surface area contributed by atoms with E-state index < -0.39 is 5.97 Å². The number of aromatic nitrogens is 4. The second-order valence-corrected chi connectivity index (χ2v) is 6.90. The van der Waals surface area contributed by atoms with E-state index in [-0.39, 0.29) is 5.76 Å². The minimum atomic E-state index is -0.500. The zero-order valence-corrected chi connectivity index (χ0v) is 15.7. The van der Waals surface area contributed by atoms with Crippen molar-refractivity contribution in [2.24, 2.45) is 0 Å². The van der Waals surface area contributed by atoms with Gasteiger partial charge in [-0.1, -0.05) is 23.4 Å². The number of carbonyl (C=O) groups excluding carboxylic acids is 1. The van der Waals surface area contributed by atoms with Gasteiger partial charge in [0.2, 0.25) is 5.76 Å². The summed E-state index contributed by atoms with van der Waals surface area (Å²) >= 11 is 7.43. The highest BCUT2D eigenvalue weighted by molar-refractivity contribution is 7.98. The largest absolute Gasteiger partial charge is 0.463 e. The van der Waals surface area contributed by atoms with Crippen molar-refractivity contribution < 1.29 is 13.9 Å². The predicted molar refractivity (Wildman–Crippen MR) is 101 cm³/mol. The average Bonchev–Trinajstić information content (AvgIpc) is 3.34. The number of ether oxygens (including phenoxy) is 1. The maximum atomic E-state index is 11.5. The predicted octanol–water partition coefficient (Wildman–Crippen LogP) is 4.14. The molecule has 3 aromatic heterocycles. The molecular formula is C18H13ClN4O3S. The van der Waals surface area contributed by atoms with Gasteiger partial charge in [0.15, 0.2) is 5.65 Å². The molecule has 0 atom stereocenters. The molecule has 0 saturated carbocycles. The van der Waals surface area contributed by atoms with E-state index in [1.165, 1.54) is 25.2 Å². The van der Waals surface area contributed by atoms with Crippen molar-refractivity contribution in [1.82, 2.24) is 19.7 Å². The Bertz CT molecular complexity index is 1110. The summed E-state index contributed by atoms with van der Waals surface area (Å²) in [4.78, 5) is 20.2. The molecule has 4 rings (SSSR count). The van der Waals surface area contributed by atoms with Crippen LogP contribution in [0.5, 0.6) is 0 Å². The molecule has 1 aromatic carbocycles. The van der Waals surface area contributed by atoms with Crippen molar-refractivity contribution in [1.29, 1.82) is 0 Å². The number of fused-ring (bicyclic) bond motifs is 1. The molecule has 0 spiro atoms. The molecule has 0 unspecified atom stereocenters. The smallest absolute Gasteiger partial charge is 0.373 e. The van der Waals surface area contributed by atoms with Gasteiger partial charge in [-0.15, -0.1) is 0 Å². The molecule has 0 amide bonds. The van der Waals surface area contributed by atoms with Crippen LogP contribution in [-0.2, 0) is 10.5 Å². The number of furan rings is 1. The summed E-state index contributed by atoms with van der Waals surface area (Å²) in [5.41, 5.74) is 1.56. The Kier molecular flexibility index (Phi) is 4.83. The van der Waals surface area contributed by atoms with Gasteiger partial charge in [-0.25, -0.2) is 19.4 Å². The van der Waals surface area contributed by atoms with Gasteiger partial charge in [-0.05, 0) is 36.4 Å². The molecule has 7 nitrogen and oxygen atoms in total. The van der Waals surface area contributed by atoms with E-state index in [1.54, 1.807) is 35.1 Å². The number of rotatable bonds is 5. The first-order valence-corrected chi connectivity index (χ1v) is 9.26. The Balaban J connectivity index is 1.59. The molecular weight excluding hydrogens is 388 g/mol. The Labute approximate surface area is 163 Å². The molecule has 136 valence electrons. The Hall–Kier alpha value is -2.84. The number of hydrogen-bond acceptors (Lipinski definition) is 7. The fourth-order valence-corrected chi connectivity index (χ4v) is 3.50. The number of nitrogens with zero attached hydrogens (tertiary/aromatic N) is 4. The van der Waals surface area contributed by atoms with Crippen molar-refractivity contribution >= 4 is 40.4 Å². The van der Waals surface area contributed by atoms with E-state index in [0.717, 1.165) is 16.1 Å². The highest BCUT2D eigenvalue weighted by atomic mass is 35.5. The Morgan fingerprint density at radius 3 is 2.81 bits per heavy atom. The van der Waals surface area contributed by atoms with E-state index in [2.05, 4.69) is 19.8 Å². The van der Waals surface area contributed by atoms with Gasteiger partial charge in [-0.3, -0.25) is 0 Å². The lowest BCUT2D eigenvalue weighted by Gasteiger charge is -2.04. The molecule has 0 radical (unpaired) electrons. The molecule has 0 aliphatic rings. The van der Waals surface area contributed by atoms with Gasteiger partial charge in [0.25, 0.3) is 0 Å². The van der Waals surface area contributed by atoms with Crippen molar-refractivity contribution in [2.75, 3.05) is 7.11 Å². The molecule has 0 N–H and O–H groups in total. The molecule has 0 aliphatic carbocycles. The van der Waals surface area contributed by atoms with Crippen LogP contribution < -0.4 is 0 Å². The maximum absolute atomic E-state index is 11.5. The summed E-state index contributed by atoms with van der Waals surface area (Å²) in [6.45, 7) is 0. The first-order valence-electron chi connectivity index (χ1n) is 7.90. The van der Waals surface area contributed by atoms with E-state index in [4.69, 9.17) is 16.0 Å². The van der Waals surface area contributed by atoms with Gasteiger partial charge >= 0.3 is 5.97 Å². The minimum absolute atomic E-state index is 0.177. The summed E-state index contributed by atoms with van der Waals surface area (Å²) in [7, 11) is 1.31. The number of esters is 1. The maximum Gasteiger partial charge on any atom is 0.373 e. The molecule has 27 heavy (non-hydrogen) atoms. The summed E-state index contributed by atoms with van der Waals surface area (Å²) in [6.07, 6.45) is 3.23. The van der Waals surface area contributed by atoms with Gasteiger partial charge in [-0.2, -0.15) is 5.10 Å². The summed E-state index contributed by atoms with van der Waals surface area (Å²) in [5.74, 6) is 0.837. The van der Waals surface area contributed by atoms with E-state index in [9.17, 15) is 4.79 Å². The monoisotopic (exact) mass is 400 g/mol. The third-order valence-electron chi connectivity index (χ3n) is 3.80. The second-order valence-electron chi connectivity index (χ2n) is 5.50. The lowest BCUT2D eigenvalue weighted by atomic mass is 10.3. The van der Waals surface area contributed by atoms with Crippen LogP contribution >= 0.6 is 23.4 Å². The van der Waals surface area contributed by atoms with Crippen LogP contribution in [0.2, 0.25) is 5.02 Å². The van der Waals surface area contributed by atoms with Gasteiger partial charge in [0, 0.05) is 5.02 Å². The van der Waals surface area contributed by atoms with Crippen LogP contribution in [-0.4, -0.2) is 32.8 Å². The van der Waals surface area contributed by atoms with Crippen LogP contribution in [0.1, 0.15) is 16.3 Å². The fourth-order valence-electron chi connectivity index (χ4n) is 2.51. The number of methoxy groups -OCH3 is 1. The Morgan fingerprint density at radius 2 is 2.04 bits per heavy atom. The average molecular weight is 401 g/mol. The summed E-state index contributed by atoms with van der Waals surface area (Å²) < 4.78 is 11.9. The standard InChI is InChI=1S/C18H13ClN4O3S/c1-25-18(24)15-7-6-13(26-15)9-27-17-14-8-22-23(16(14)20-10-21-17)12-4-2-11(19)3-5-12/h2-8,10H,9H2,1H3. The molecule has 3 heterocycles. The lowest BCUT2D eigenvalue weighted by molar-refractivity contribution is 0.0563. The van der Waals surface area contributed by atoms with Gasteiger partial charge < -0.3 is 9.15 Å². The number of hydrogen-bond donors (Lipinski definition) is 0. The van der Waals surface area contributed by atoms with Crippen molar-refractivity contribution in [3.05, 3.63) is 65.5 Å². The fraction of sp³-hybridized carbons (Fsp3) is 0.111. The van der Waals surface area contributed by atoms with Crippen molar-refractivity contribution in [2.45, 2.75) is 10.8 Å². The van der Waals surface area contributed by atoms with Crippen molar-refractivity contribution in [3.63, 3.8) is 0 Å². The molecule has 4 aromatic rings. The molecule has 0 saturated heterocycles. The zero-order chi connectivity index (χ0) is 18.8. The van der Waals surface area contributed by atoms with E-state index >= 15 is 0 Å². The van der Waals surface area contributed by atoms with Crippen LogP contribution in [0, 0.1) is 0 Å². The van der Waals surface area contributed by atoms with Crippen LogP contribution in [0.15, 0.2) is 58.4 Å². The number of benzene rings is 1. The highest BCUT2D eigenvalue weighted by Crippen LogP contribution is 2.29. The van der Waals surface area contributed by atoms with Crippen LogP contribution in [0.25, 0.3) is 16.7 Å². The number of thioether (sulfide) groups is 1. The lowest BCUT2D eigenvalue weighted by Crippen LogP contribution is -1.98. The molecule has 0 bridgehead atoms. The van der Waals surface area contributed by atoms with Crippen LogP contribution in [0.4, 0.5) is 0 Å². The summed E-state index contributed by atoms with van der Waals surface area (Å²) in [6, 6.07) is 10.7. The number of halogens is 1. The van der Waals surface area contributed by atoms with E-state index in [1.807, 2.05) is 12.1 Å². The topological polar surface area (TPSA) is 83.0 Å². The normalized spacial score (nSPS) is 11.0. The molecule has 9 heteroatoms. The zero-order valence-electron chi connectivity index (χ0n) is 14.1. The third kappa shape index (κ3) is 3.54. The number of carbonyl (C=O) groups is 1. The third-order valence-corrected chi connectivity index (χ3v) is 5.08. The molecule has 0 fully saturated rings.